The molecule has 0 unspecified atom stereocenters. The number of esters is 2. The van der Waals surface area contributed by atoms with Crippen LogP contribution in [0.1, 0.15) is 78.1 Å². The van der Waals surface area contributed by atoms with Gasteiger partial charge in [-0.05, 0) is 58.7 Å². The highest BCUT2D eigenvalue weighted by Crippen LogP contribution is 2.24. The van der Waals surface area contributed by atoms with Gasteiger partial charge in [0.05, 0.1) is 17.9 Å². The van der Waals surface area contributed by atoms with Crippen LogP contribution in [0.3, 0.4) is 0 Å². The Morgan fingerprint density at radius 3 is 1.81 bits per heavy atom. The zero-order valence-corrected chi connectivity index (χ0v) is 24.1. The van der Waals surface area contributed by atoms with Crippen molar-refractivity contribution in [2.24, 2.45) is 0 Å². The van der Waals surface area contributed by atoms with Gasteiger partial charge in [0, 0.05) is 24.5 Å². The highest BCUT2D eigenvalue weighted by atomic mass is 19.4. The average Bonchev–Trinajstić information content (AvgIpc) is 3.21. The van der Waals surface area contributed by atoms with Crippen molar-refractivity contribution in [3.05, 3.63) is 52.1 Å². The second kappa shape index (κ2) is 16.5. The second-order valence-electron chi connectivity index (χ2n) is 9.39. The molecule has 2 rings (SSSR count). The van der Waals surface area contributed by atoms with Crippen molar-refractivity contribution < 1.29 is 65.2 Å². The minimum absolute atomic E-state index is 0.259. The first-order valence-electron chi connectivity index (χ1n) is 12.4. The Hall–Kier alpha value is -4.15. The highest BCUT2D eigenvalue weighted by molar-refractivity contribution is 5.99. The number of rotatable bonds is 8. The van der Waals surface area contributed by atoms with Gasteiger partial charge in [0.1, 0.15) is 11.3 Å². The maximum absolute atomic E-state index is 12.7. The minimum Gasteiger partial charge on any atom is -0.475 e. The lowest BCUT2D eigenvalue weighted by Gasteiger charge is -2.19. The number of aromatic nitrogens is 2. The summed E-state index contributed by atoms with van der Waals surface area (Å²) in [5.74, 6) is -6.44. The van der Waals surface area contributed by atoms with Gasteiger partial charge in [-0.1, -0.05) is 13.0 Å². The molecule has 242 valence electrons. The molecule has 0 aliphatic carbocycles. The molecule has 0 aliphatic heterocycles. The number of aromatic amines is 1. The third-order valence-corrected chi connectivity index (χ3v) is 4.66. The third kappa shape index (κ3) is 14.5. The first-order chi connectivity index (χ1) is 19.5. The molecule has 4 N–H and O–H groups in total. The number of aryl methyl sites for hydroxylation is 1. The smallest absolute Gasteiger partial charge is 0.475 e. The zero-order valence-electron chi connectivity index (χ0n) is 24.1. The first kappa shape index (κ1) is 38.9. The number of nitrogens with zero attached hydrogens (tertiary/aromatic N) is 1. The summed E-state index contributed by atoms with van der Waals surface area (Å²) < 4.78 is 74.2. The van der Waals surface area contributed by atoms with Crippen LogP contribution in [0, 0.1) is 6.92 Å². The Kier molecular flexibility index (Phi) is 14.9. The molecule has 0 bridgehead atoms. The van der Waals surface area contributed by atoms with Crippen LogP contribution in [0.5, 0.6) is 0 Å². The topological polar surface area (TPSA) is 168 Å². The SMILES string of the molecule is CCOC(=O)c1c(CNCc2cccc(C)n2)[nH]c(C(=O)OC(C)(C)C)c1CC.O=C(O)C(F)(F)F.O=C(O)C(F)(F)F. The molecule has 2 heterocycles. The van der Waals surface area contributed by atoms with Gasteiger partial charge in [0.25, 0.3) is 0 Å². The maximum atomic E-state index is 12.7. The number of ether oxygens (including phenoxy) is 2. The summed E-state index contributed by atoms with van der Waals surface area (Å²) in [5.41, 5.74) is 3.13. The molecule has 0 saturated heterocycles. The Bertz CT molecular complexity index is 1230. The standard InChI is InChI=1S/C22H31N3O4.2C2HF3O2/c1-7-16-18(20(26)28-8-2)17(25-19(16)21(27)29-22(4,5)6)13-23-12-15-11-9-10-14(3)24-15;2*3-2(4,5)1(6)7/h9-11,23,25H,7-8,12-13H2,1-6H3;2*(H,6,7). The lowest BCUT2D eigenvalue weighted by atomic mass is 10.1. The van der Waals surface area contributed by atoms with Crippen molar-refractivity contribution in [3.8, 4) is 0 Å². The molecule has 0 aliphatic rings. The van der Waals surface area contributed by atoms with E-state index in [4.69, 9.17) is 29.3 Å². The molecule has 0 atom stereocenters. The molecule has 11 nitrogen and oxygen atoms in total. The molecular formula is C26H33F6N3O8. The maximum Gasteiger partial charge on any atom is 0.490 e. The number of carbonyl (C=O) groups is 4. The molecule has 0 fully saturated rings. The van der Waals surface area contributed by atoms with Gasteiger partial charge >= 0.3 is 36.2 Å². The fraction of sp³-hybridized carbons (Fsp3) is 0.500. The van der Waals surface area contributed by atoms with Gasteiger partial charge in [-0.2, -0.15) is 26.3 Å². The largest absolute Gasteiger partial charge is 0.490 e. The number of H-pyrrole nitrogens is 1. The summed E-state index contributed by atoms with van der Waals surface area (Å²) >= 11 is 0. The summed E-state index contributed by atoms with van der Waals surface area (Å²) in [7, 11) is 0. The van der Waals surface area contributed by atoms with E-state index in [1.807, 2.05) is 52.8 Å². The number of carboxylic acids is 2. The Balaban J connectivity index is 0.00000104. The van der Waals surface area contributed by atoms with Crippen LogP contribution >= 0.6 is 0 Å². The Morgan fingerprint density at radius 1 is 0.907 bits per heavy atom. The number of nitrogens with one attached hydrogen (secondary N) is 2. The number of halogens is 6. The Labute approximate surface area is 242 Å². The summed E-state index contributed by atoms with van der Waals surface area (Å²) in [6.07, 6.45) is -9.67. The van der Waals surface area contributed by atoms with Crippen LogP contribution < -0.4 is 5.32 Å². The number of alkyl halides is 6. The van der Waals surface area contributed by atoms with Crippen molar-refractivity contribution in [1.82, 2.24) is 15.3 Å². The van der Waals surface area contributed by atoms with Crippen molar-refractivity contribution in [1.29, 1.82) is 0 Å². The number of carboxylic acid groups (broad SMARTS) is 2. The van der Waals surface area contributed by atoms with E-state index < -0.39 is 41.8 Å². The molecule has 0 saturated carbocycles. The van der Waals surface area contributed by atoms with E-state index in [0.717, 1.165) is 11.4 Å². The predicted molar refractivity (Wildman–Crippen MR) is 138 cm³/mol. The number of hydrogen-bond donors (Lipinski definition) is 4. The molecule has 0 spiro atoms. The van der Waals surface area contributed by atoms with E-state index in [2.05, 4.69) is 15.3 Å². The van der Waals surface area contributed by atoms with Crippen molar-refractivity contribution in [2.75, 3.05) is 6.61 Å². The molecule has 43 heavy (non-hydrogen) atoms. The molecule has 2 aromatic heterocycles. The van der Waals surface area contributed by atoms with Gasteiger partial charge in [-0.25, -0.2) is 19.2 Å². The second-order valence-corrected chi connectivity index (χ2v) is 9.39. The van der Waals surface area contributed by atoms with E-state index in [-0.39, 0.29) is 6.61 Å². The average molecular weight is 630 g/mol. The summed E-state index contributed by atoms with van der Waals surface area (Å²) in [6.45, 7) is 12.2. The quantitative estimate of drug-likeness (QED) is 0.231. The number of aliphatic carboxylic acids is 2. The number of pyridine rings is 1. The molecule has 0 radical (unpaired) electrons. The normalized spacial score (nSPS) is 11.3. The zero-order chi connectivity index (χ0) is 33.8. The number of hydrogen-bond acceptors (Lipinski definition) is 8. The lowest BCUT2D eigenvalue weighted by molar-refractivity contribution is -0.193. The monoisotopic (exact) mass is 629 g/mol. The van der Waals surface area contributed by atoms with E-state index >= 15 is 0 Å². The van der Waals surface area contributed by atoms with Crippen LogP contribution in [0.25, 0.3) is 0 Å². The fourth-order valence-electron chi connectivity index (χ4n) is 3.05. The molecule has 0 aromatic carbocycles. The molecular weight excluding hydrogens is 596 g/mol. The van der Waals surface area contributed by atoms with Gasteiger partial charge < -0.3 is 30.0 Å². The van der Waals surface area contributed by atoms with Gasteiger partial charge in [-0.3, -0.25) is 4.98 Å². The minimum atomic E-state index is -5.08. The summed E-state index contributed by atoms with van der Waals surface area (Å²) in [4.78, 5) is 50.6. The van der Waals surface area contributed by atoms with Crippen LogP contribution in [0.4, 0.5) is 26.3 Å². The van der Waals surface area contributed by atoms with Crippen LogP contribution in [0.15, 0.2) is 18.2 Å². The van der Waals surface area contributed by atoms with Crippen molar-refractivity contribution >= 4 is 23.9 Å². The Morgan fingerprint density at radius 2 is 1.42 bits per heavy atom. The summed E-state index contributed by atoms with van der Waals surface area (Å²) in [6, 6.07) is 5.83. The van der Waals surface area contributed by atoms with Crippen molar-refractivity contribution in [3.63, 3.8) is 0 Å². The molecule has 2 aromatic rings. The highest BCUT2D eigenvalue weighted by Gasteiger charge is 2.39. The third-order valence-electron chi connectivity index (χ3n) is 4.66. The molecule has 0 amide bonds. The fourth-order valence-corrected chi connectivity index (χ4v) is 3.05. The van der Waals surface area contributed by atoms with Gasteiger partial charge in [-0.15, -0.1) is 0 Å². The first-order valence-corrected chi connectivity index (χ1v) is 12.4. The van der Waals surface area contributed by atoms with E-state index in [1.54, 1.807) is 6.92 Å². The van der Waals surface area contributed by atoms with Crippen molar-refractivity contribution in [2.45, 2.75) is 79.0 Å². The number of carbonyl (C=O) groups excluding carboxylic acids is 2. The van der Waals surface area contributed by atoms with Crippen LogP contribution in [-0.4, -0.2) is 68.6 Å². The van der Waals surface area contributed by atoms with Gasteiger partial charge in [0.15, 0.2) is 0 Å². The van der Waals surface area contributed by atoms with E-state index in [9.17, 15) is 35.9 Å². The predicted octanol–water partition coefficient (Wildman–Crippen LogP) is 4.97. The lowest BCUT2D eigenvalue weighted by Crippen LogP contribution is -2.24. The summed E-state index contributed by atoms with van der Waals surface area (Å²) in [5, 5.41) is 17.5. The van der Waals surface area contributed by atoms with Gasteiger partial charge in [0.2, 0.25) is 0 Å². The van der Waals surface area contributed by atoms with E-state index in [1.165, 1.54) is 0 Å². The van der Waals surface area contributed by atoms with Crippen LogP contribution in [-0.2, 0) is 38.6 Å². The van der Waals surface area contributed by atoms with E-state index in [0.29, 0.717) is 42.0 Å². The molecule has 17 heteroatoms. The van der Waals surface area contributed by atoms with Crippen LogP contribution in [0.2, 0.25) is 0 Å².